The van der Waals surface area contributed by atoms with Crippen LogP contribution in [-0.2, 0) is 0 Å². The number of alkyl halides is 1. The van der Waals surface area contributed by atoms with Crippen LogP contribution in [0.2, 0.25) is 0 Å². The molecule has 0 nitrogen and oxygen atoms in total. The van der Waals surface area contributed by atoms with Crippen LogP contribution in [0.15, 0.2) is 0 Å². The van der Waals surface area contributed by atoms with Crippen LogP contribution in [0.3, 0.4) is 0 Å². The molecule has 2 heteroatoms. The van der Waals surface area contributed by atoms with E-state index in [9.17, 15) is 0 Å². The first-order valence-corrected chi connectivity index (χ1v) is 2.95. The molecule has 0 aliphatic heterocycles. The van der Waals surface area contributed by atoms with Crippen LogP contribution in [-0.4, -0.2) is 22.7 Å². The van der Waals surface area contributed by atoms with Crippen molar-refractivity contribution in [2.24, 2.45) is 5.92 Å². The first-order valence-electron chi connectivity index (χ1n) is 1.83. The maximum atomic E-state index is 3.31. The lowest BCUT2D eigenvalue weighted by molar-refractivity contribution is 0.756. The number of rotatable bonds is 1. The molecule has 0 saturated carbocycles. The average molecular weight is 167 g/mol. The van der Waals surface area contributed by atoms with Crippen molar-refractivity contribution in [2.45, 2.75) is 13.8 Å². The molecule has 0 aromatic carbocycles. The molecule has 0 saturated heterocycles. The molecule has 0 atom stereocenters. The maximum Gasteiger partial charge on any atom is 0.187 e. The van der Waals surface area contributed by atoms with E-state index in [1.54, 1.807) is 0 Å². The van der Waals surface area contributed by atoms with Crippen LogP contribution in [0.1, 0.15) is 13.8 Å². The second-order valence-electron chi connectivity index (χ2n) is 1.55. The third kappa shape index (κ3) is 8.89. The van der Waals surface area contributed by atoms with Gasteiger partial charge in [-0.15, -0.1) is 0 Å². The Morgan fingerprint density at radius 1 is 1.50 bits per heavy atom. The molecule has 38 valence electrons. The molecule has 0 radical (unpaired) electrons. The summed E-state index contributed by atoms with van der Waals surface area (Å²) in [7, 11) is 0. The van der Waals surface area contributed by atoms with Gasteiger partial charge in [0.25, 0.3) is 0 Å². The second-order valence-corrected chi connectivity index (χ2v) is 2.20. The van der Waals surface area contributed by atoms with Gasteiger partial charge in [0.1, 0.15) is 0 Å². The highest BCUT2D eigenvalue weighted by molar-refractivity contribution is 9.09. The average Bonchev–Trinajstić information content (AvgIpc) is 1.38. The zero-order valence-corrected chi connectivity index (χ0v) is 5.25. The second kappa shape index (κ2) is 6.01. The molecule has 0 bridgehead atoms. The Morgan fingerprint density at radius 3 is 1.67 bits per heavy atom. The van der Waals surface area contributed by atoms with Crippen molar-refractivity contribution in [3.63, 3.8) is 0 Å². The third-order valence-corrected chi connectivity index (χ3v) is 1.60. The Morgan fingerprint density at radius 2 is 1.67 bits per heavy atom. The zero-order chi connectivity index (χ0) is 4.28. The van der Waals surface area contributed by atoms with E-state index in [-0.39, 0.29) is 17.4 Å². The summed E-state index contributed by atoms with van der Waals surface area (Å²) in [4.78, 5) is 0. The van der Waals surface area contributed by atoms with Gasteiger partial charge in [-0.25, -0.2) is 0 Å². The van der Waals surface area contributed by atoms with Crippen LogP contribution in [0.25, 0.3) is 0 Å². The Hall–Kier alpha value is 1.01. The van der Waals surface area contributed by atoms with E-state index < -0.39 is 0 Å². The van der Waals surface area contributed by atoms with Gasteiger partial charge in [-0.3, -0.25) is 0 Å². The molecule has 0 aromatic rings. The number of hydrogen-bond acceptors (Lipinski definition) is 0. The molecule has 0 aliphatic carbocycles. The fourth-order valence-corrected chi connectivity index (χ4v) is 0. The van der Waals surface area contributed by atoms with Gasteiger partial charge >= 0.3 is 0 Å². The Balaban J connectivity index is 0. The highest BCUT2D eigenvalue weighted by Crippen LogP contribution is 1.94. The normalized spacial score (nSPS) is 8.00. The first-order chi connectivity index (χ1) is 2.27. The van der Waals surface area contributed by atoms with Crippen LogP contribution in [0.4, 0.5) is 0 Å². The largest absolute Gasteiger partial charge is 0.187 e. The van der Waals surface area contributed by atoms with E-state index in [2.05, 4.69) is 29.8 Å². The van der Waals surface area contributed by atoms with Gasteiger partial charge in [0.2, 0.25) is 0 Å². The van der Waals surface area contributed by atoms with Gasteiger partial charge < -0.3 is 0 Å². The summed E-state index contributed by atoms with van der Waals surface area (Å²) in [6, 6.07) is 0. The molecule has 0 amide bonds. The summed E-state index contributed by atoms with van der Waals surface area (Å²) >= 11 is 3.31. The Bertz CT molecular complexity index is 21.5. The Labute approximate surface area is 58.6 Å². The number of halogens is 1. The summed E-state index contributed by atoms with van der Waals surface area (Å²) in [5.41, 5.74) is 0. The molecule has 0 unspecified atom stereocenters. The van der Waals surface area contributed by atoms with Gasteiger partial charge in [0.05, 0.1) is 0 Å². The summed E-state index contributed by atoms with van der Waals surface area (Å²) in [6.45, 7) is 4.35. The fourth-order valence-electron chi connectivity index (χ4n) is 0. The van der Waals surface area contributed by atoms with Gasteiger partial charge in [0.15, 0.2) is 17.4 Å². The summed E-state index contributed by atoms with van der Waals surface area (Å²) < 4.78 is 0. The monoisotopic (exact) mass is 166 g/mol. The molecule has 0 N–H and O–H groups in total. The standard InChI is InChI=1S/C4H9Br.Al.3H/c1-4(2)3-5;;;;/h4H,3H2,1-2H3;;;;. The third-order valence-electron chi connectivity index (χ3n) is 0.309. The van der Waals surface area contributed by atoms with Crippen LogP contribution in [0.5, 0.6) is 0 Å². The van der Waals surface area contributed by atoms with Crippen molar-refractivity contribution in [3.8, 4) is 0 Å². The molecule has 0 spiro atoms. The van der Waals surface area contributed by atoms with E-state index in [1.165, 1.54) is 0 Å². The summed E-state index contributed by atoms with van der Waals surface area (Å²) in [6.07, 6.45) is 0. The molecule has 0 aromatic heterocycles. The van der Waals surface area contributed by atoms with Crippen molar-refractivity contribution >= 4 is 33.3 Å². The molecular weight excluding hydrogens is 155 g/mol. The van der Waals surface area contributed by atoms with Crippen LogP contribution in [0, 0.1) is 5.92 Å². The summed E-state index contributed by atoms with van der Waals surface area (Å²) in [5, 5.41) is 1.12. The molecule has 0 heterocycles. The van der Waals surface area contributed by atoms with Crippen molar-refractivity contribution < 1.29 is 0 Å². The van der Waals surface area contributed by atoms with Gasteiger partial charge in [0, 0.05) is 5.33 Å². The van der Waals surface area contributed by atoms with Crippen LogP contribution < -0.4 is 0 Å². The lowest BCUT2D eigenvalue weighted by atomic mass is 10.3. The van der Waals surface area contributed by atoms with Crippen LogP contribution >= 0.6 is 15.9 Å². The molecule has 0 fully saturated rings. The smallest absolute Gasteiger partial charge is 0.0925 e. The first kappa shape index (κ1) is 10.1. The van der Waals surface area contributed by atoms with E-state index in [0.29, 0.717) is 0 Å². The van der Waals surface area contributed by atoms with Crippen molar-refractivity contribution in [3.05, 3.63) is 0 Å². The maximum absolute atomic E-state index is 3.31. The summed E-state index contributed by atoms with van der Waals surface area (Å²) in [5.74, 6) is 0.801. The fraction of sp³-hybridized carbons (Fsp3) is 1.00. The minimum Gasteiger partial charge on any atom is -0.0925 e. The topological polar surface area (TPSA) is 0 Å². The minimum absolute atomic E-state index is 0. The van der Waals surface area contributed by atoms with Crippen molar-refractivity contribution in [2.75, 3.05) is 5.33 Å². The molecular formula is C4H12AlBr. The molecule has 6 heavy (non-hydrogen) atoms. The molecule has 0 aliphatic rings. The lowest BCUT2D eigenvalue weighted by Crippen LogP contribution is -1.82. The van der Waals surface area contributed by atoms with E-state index in [1.807, 2.05) is 0 Å². The zero-order valence-electron chi connectivity index (χ0n) is 3.66. The minimum atomic E-state index is 0. The van der Waals surface area contributed by atoms with Gasteiger partial charge in [-0.2, -0.15) is 0 Å². The lowest BCUT2D eigenvalue weighted by Gasteiger charge is -1.88. The number of hydrogen-bond donors (Lipinski definition) is 0. The van der Waals surface area contributed by atoms with E-state index in [4.69, 9.17) is 0 Å². The van der Waals surface area contributed by atoms with Crippen molar-refractivity contribution in [1.29, 1.82) is 0 Å². The predicted octanol–water partition coefficient (Wildman–Crippen LogP) is 0.853. The highest BCUT2D eigenvalue weighted by atomic mass is 79.9. The van der Waals surface area contributed by atoms with Gasteiger partial charge in [-0.05, 0) is 5.92 Å². The molecule has 0 rings (SSSR count). The van der Waals surface area contributed by atoms with E-state index >= 15 is 0 Å². The predicted molar refractivity (Wildman–Crippen MR) is 38.6 cm³/mol. The quantitative estimate of drug-likeness (QED) is 0.401. The van der Waals surface area contributed by atoms with Gasteiger partial charge in [-0.1, -0.05) is 29.8 Å². The van der Waals surface area contributed by atoms with Crippen molar-refractivity contribution in [1.82, 2.24) is 0 Å². The van der Waals surface area contributed by atoms with E-state index in [0.717, 1.165) is 11.2 Å². The Kier molecular flexibility index (Phi) is 10.1. The SMILES string of the molecule is CC(C)CBr.[AlH3]. The highest BCUT2D eigenvalue weighted by Gasteiger charge is 1.81.